The molecule has 1 amide bonds. The van der Waals surface area contributed by atoms with E-state index in [1.807, 2.05) is 66.7 Å². The second-order valence-electron chi connectivity index (χ2n) is 6.82. The largest absolute Gasteiger partial charge is 0.493 e. The maximum atomic E-state index is 13.5. The summed E-state index contributed by atoms with van der Waals surface area (Å²) in [4.78, 5) is 15.3. The van der Waals surface area contributed by atoms with Crippen molar-refractivity contribution in [2.75, 3.05) is 26.2 Å². The van der Waals surface area contributed by atoms with Gasteiger partial charge >= 0.3 is 0 Å². The molecule has 0 unspecified atom stereocenters. The van der Waals surface area contributed by atoms with Crippen molar-refractivity contribution in [3.63, 3.8) is 0 Å². The van der Waals surface area contributed by atoms with E-state index >= 15 is 0 Å². The molecule has 1 atom stereocenters. The van der Waals surface area contributed by atoms with Crippen LogP contribution in [0.2, 0.25) is 0 Å². The van der Waals surface area contributed by atoms with Gasteiger partial charge in [-0.3, -0.25) is 9.69 Å². The Labute approximate surface area is 170 Å². The second-order valence-corrected chi connectivity index (χ2v) is 6.82. The van der Waals surface area contributed by atoms with Gasteiger partial charge in [0, 0.05) is 5.69 Å². The van der Waals surface area contributed by atoms with Gasteiger partial charge in [-0.05, 0) is 41.8 Å². The molecule has 0 radical (unpaired) electrons. The van der Waals surface area contributed by atoms with Gasteiger partial charge in [0.2, 0.25) is 11.7 Å². The lowest BCUT2D eigenvalue weighted by atomic mass is 9.92. The predicted molar refractivity (Wildman–Crippen MR) is 113 cm³/mol. The second kappa shape index (κ2) is 7.87. The van der Waals surface area contributed by atoms with Gasteiger partial charge in [0.15, 0.2) is 11.5 Å². The molecule has 3 aromatic rings. The first kappa shape index (κ1) is 18.9. The zero-order chi connectivity index (χ0) is 20.4. The average molecular weight is 389 g/mol. The van der Waals surface area contributed by atoms with Crippen LogP contribution in [-0.4, -0.2) is 27.2 Å². The zero-order valence-corrected chi connectivity index (χ0v) is 16.7. The van der Waals surface area contributed by atoms with Gasteiger partial charge in [0.05, 0.1) is 32.9 Å². The molecule has 0 saturated heterocycles. The van der Waals surface area contributed by atoms with Crippen molar-refractivity contribution in [3.8, 4) is 17.2 Å². The monoisotopic (exact) mass is 389 g/mol. The van der Waals surface area contributed by atoms with Crippen LogP contribution in [0, 0.1) is 0 Å². The Morgan fingerprint density at radius 1 is 0.793 bits per heavy atom. The van der Waals surface area contributed by atoms with Crippen molar-refractivity contribution in [1.82, 2.24) is 0 Å². The van der Waals surface area contributed by atoms with Gasteiger partial charge in [-0.25, -0.2) is 0 Å². The van der Waals surface area contributed by atoms with Gasteiger partial charge in [-0.15, -0.1) is 0 Å². The van der Waals surface area contributed by atoms with Crippen LogP contribution in [0.25, 0.3) is 0 Å². The summed E-state index contributed by atoms with van der Waals surface area (Å²) in [7, 11) is 4.77. The number of hydrogen-bond acceptors (Lipinski definition) is 4. The number of methoxy groups -OCH3 is 3. The normalized spacial score (nSPS) is 15.2. The number of fused-ring (bicyclic) bond motifs is 1. The summed E-state index contributed by atoms with van der Waals surface area (Å²) in [5.41, 5.74) is 3.70. The molecule has 0 bridgehead atoms. The van der Waals surface area contributed by atoms with Crippen LogP contribution in [0.5, 0.6) is 17.2 Å². The number of para-hydroxylation sites is 2. The highest BCUT2D eigenvalue weighted by Gasteiger charge is 2.38. The number of hydrogen-bond donors (Lipinski definition) is 0. The molecule has 1 aliphatic heterocycles. The highest BCUT2D eigenvalue weighted by molar-refractivity contribution is 6.10. The van der Waals surface area contributed by atoms with Gasteiger partial charge < -0.3 is 14.2 Å². The summed E-state index contributed by atoms with van der Waals surface area (Å²) in [6, 6.07) is 21.5. The molecule has 4 rings (SSSR count). The number of carbonyl (C=O) groups is 1. The minimum absolute atomic E-state index is 0.0502. The number of anilines is 2. The van der Waals surface area contributed by atoms with Crippen LogP contribution in [0.4, 0.5) is 11.4 Å². The number of rotatable bonds is 6. The fraction of sp³-hybridized carbons (Fsp3) is 0.208. The van der Waals surface area contributed by atoms with Crippen molar-refractivity contribution in [3.05, 3.63) is 77.9 Å². The summed E-state index contributed by atoms with van der Waals surface area (Å²) < 4.78 is 16.5. The molecule has 1 aliphatic rings. The quantitative estimate of drug-likeness (QED) is 0.612. The van der Waals surface area contributed by atoms with E-state index in [1.165, 1.54) is 0 Å². The third-order valence-corrected chi connectivity index (χ3v) is 5.30. The lowest BCUT2D eigenvalue weighted by Gasteiger charge is -2.19. The highest BCUT2D eigenvalue weighted by atomic mass is 16.5. The minimum atomic E-state index is -0.307. The van der Waals surface area contributed by atoms with E-state index < -0.39 is 0 Å². The summed E-state index contributed by atoms with van der Waals surface area (Å²) in [5, 5.41) is 0. The molecular formula is C24H23NO4. The molecule has 0 fully saturated rings. The zero-order valence-electron chi connectivity index (χ0n) is 16.7. The highest BCUT2D eigenvalue weighted by Crippen LogP contribution is 2.46. The van der Waals surface area contributed by atoms with E-state index in [1.54, 1.807) is 26.2 Å². The third kappa shape index (κ3) is 3.18. The number of benzene rings is 3. The maximum Gasteiger partial charge on any atom is 0.239 e. The molecule has 5 nitrogen and oxygen atoms in total. The fourth-order valence-electron chi connectivity index (χ4n) is 3.98. The molecule has 0 aliphatic carbocycles. The first-order valence-corrected chi connectivity index (χ1v) is 9.45. The van der Waals surface area contributed by atoms with Crippen LogP contribution in [-0.2, 0) is 11.2 Å². The molecule has 148 valence electrons. The molecule has 0 saturated carbocycles. The SMILES string of the molecule is COc1ccc(C[C@@H]2C(=O)N(c3ccccc3)c3ccccc32)c(OC)c1OC. The fourth-order valence-corrected chi connectivity index (χ4v) is 3.98. The number of carbonyl (C=O) groups excluding carboxylic acids is 1. The molecule has 0 N–H and O–H groups in total. The van der Waals surface area contributed by atoms with E-state index in [4.69, 9.17) is 14.2 Å². The summed E-state index contributed by atoms with van der Waals surface area (Å²) in [5.74, 6) is 1.46. The molecular weight excluding hydrogens is 366 g/mol. The average Bonchev–Trinajstić information content (AvgIpc) is 3.05. The smallest absolute Gasteiger partial charge is 0.239 e. The predicted octanol–water partition coefficient (Wildman–Crippen LogP) is 4.72. The number of ether oxygens (including phenoxy) is 3. The molecule has 5 heteroatoms. The van der Waals surface area contributed by atoms with Crippen LogP contribution in [0.3, 0.4) is 0 Å². The van der Waals surface area contributed by atoms with Crippen LogP contribution >= 0.6 is 0 Å². The van der Waals surface area contributed by atoms with Gasteiger partial charge in [0.25, 0.3) is 0 Å². The van der Waals surface area contributed by atoms with Gasteiger partial charge in [-0.2, -0.15) is 0 Å². The van der Waals surface area contributed by atoms with Crippen molar-refractivity contribution < 1.29 is 19.0 Å². The standard InChI is InChI=1S/C24H23NO4/c1-27-21-14-13-16(22(28-2)23(21)29-3)15-19-18-11-7-8-12-20(18)25(24(19)26)17-9-5-4-6-10-17/h4-14,19H,15H2,1-3H3/t19-/m0/s1. The summed E-state index contributed by atoms with van der Waals surface area (Å²) >= 11 is 0. The van der Waals surface area contributed by atoms with E-state index in [0.717, 1.165) is 22.5 Å². The van der Waals surface area contributed by atoms with E-state index in [-0.39, 0.29) is 11.8 Å². The Balaban J connectivity index is 1.76. The number of amides is 1. The van der Waals surface area contributed by atoms with Gasteiger partial charge in [-0.1, -0.05) is 42.5 Å². The topological polar surface area (TPSA) is 48.0 Å². The van der Waals surface area contributed by atoms with Crippen molar-refractivity contribution in [1.29, 1.82) is 0 Å². The van der Waals surface area contributed by atoms with E-state index in [9.17, 15) is 4.79 Å². The van der Waals surface area contributed by atoms with Crippen LogP contribution < -0.4 is 19.1 Å². The van der Waals surface area contributed by atoms with Crippen molar-refractivity contribution in [2.45, 2.75) is 12.3 Å². The Hall–Kier alpha value is -3.47. The minimum Gasteiger partial charge on any atom is -0.493 e. The Morgan fingerprint density at radius 3 is 2.17 bits per heavy atom. The summed E-state index contributed by atoms with van der Waals surface area (Å²) in [6.07, 6.45) is 0.503. The first-order valence-electron chi connectivity index (χ1n) is 9.45. The Morgan fingerprint density at radius 2 is 1.48 bits per heavy atom. The van der Waals surface area contributed by atoms with Crippen LogP contribution in [0.1, 0.15) is 17.0 Å². The Kier molecular flexibility index (Phi) is 5.12. The molecule has 29 heavy (non-hydrogen) atoms. The van der Waals surface area contributed by atoms with E-state index in [2.05, 4.69) is 0 Å². The number of nitrogens with zero attached hydrogens (tertiary/aromatic N) is 1. The first-order chi connectivity index (χ1) is 14.2. The Bertz CT molecular complexity index is 1030. The van der Waals surface area contributed by atoms with E-state index in [0.29, 0.717) is 23.7 Å². The van der Waals surface area contributed by atoms with Crippen molar-refractivity contribution >= 4 is 17.3 Å². The lowest BCUT2D eigenvalue weighted by Crippen LogP contribution is -2.24. The molecule has 0 spiro atoms. The molecule has 1 heterocycles. The van der Waals surface area contributed by atoms with Gasteiger partial charge in [0.1, 0.15) is 0 Å². The van der Waals surface area contributed by atoms with Crippen molar-refractivity contribution in [2.24, 2.45) is 0 Å². The maximum absolute atomic E-state index is 13.5. The molecule has 0 aromatic heterocycles. The third-order valence-electron chi connectivity index (χ3n) is 5.30. The summed E-state index contributed by atoms with van der Waals surface area (Å²) in [6.45, 7) is 0. The van der Waals surface area contributed by atoms with Crippen LogP contribution in [0.15, 0.2) is 66.7 Å². The molecule has 3 aromatic carbocycles. The lowest BCUT2D eigenvalue weighted by molar-refractivity contribution is -0.118.